The highest BCUT2D eigenvalue weighted by atomic mass is 32.1. The molecule has 1 aliphatic rings. The molecule has 0 bridgehead atoms. The molecule has 0 unspecified atom stereocenters. The second-order valence-electron chi connectivity index (χ2n) is 6.67. The number of nitrogens with zero attached hydrogens (tertiary/aromatic N) is 3. The third-order valence-corrected chi connectivity index (χ3v) is 5.48. The number of benzene rings is 1. The molecule has 0 spiro atoms. The summed E-state index contributed by atoms with van der Waals surface area (Å²) in [4.78, 5) is 6.68. The molecular weight excluding hydrogens is 356 g/mol. The summed E-state index contributed by atoms with van der Waals surface area (Å²) in [6.07, 6.45) is 1.82. The normalized spacial score (nSPS) is 19.2. The van der Waals surface area contributed by atoms with Gasteiger partial charge in [-0.3, -0.25) is 4.98 Å². The SMILES string of the molecule is COc1ccc(-n2c(C)ccc2[C@H]2[C@H](c3ccccn3)NC(=S)N2C)cc1. The number of nitrogens with one attached hydrogen (secondary N) is 1. The molecule has 5 nitrogen and oxygen atoms in total. The first-order valence-corrected chi connectivity index (χ1v) is 9.28. The minimum absolute atomic E-state index is 0.00463. The summed E-state index contributed by atoms with van der Waals surface area (Å²) in [5.74, 6) is 0.845. The van der Waals surface area contributed by atoms with E-state index >= 15 is 0 Å². The molecule has 27 heavy (non-hydrogen) atoms. The zero-order chi connectivity index (χ0) is 19.0. The number of rotatable bonds is 4. The molecule has 0 aliphatic carbocycles. The van der Waals surface area contributed by atoms with E-state index in [0.717, 1.165) is 22.2 Å². The van der Waals surface area contributed by atoms with E-state index in [0.29, 0.717) is 0 Å². The van der Waals surface area contributed by atoms with Gasteiger partial charge in [-0.25, -0.2) is 0 Å². The van der Waals surface area contributed by atoms with Crippen LogP contribution in [0.5, 0.6) is 5.75 Å². The summed E-state index contributed by atoms with van der Waals surface area (Å²) in [5, 5.41) is 4.17. The van der Waals surface area contributed by atoms with Crippen LogP contribution in [0.2, 0.25) is 0 Å². The average molecular weight is 379 g/mol. The first kappa shape index (κ1) is 17.5. The number of likely N-dealkylation sites (N-methyl/N-ethyl adjacent to an activating group) is 1. The monoisotopic (exact) mass is 378 g/mol. The molecule has 1 aliphatic heterocycles. The van der Waals surface area contributed by atoms with Gasteiger partial charge in [-0.15, -0.1) is 0 Å². The number of aryl methyl sites for hydroxylation is 1. The lowest BCUT2D eigenvalue weighted by atomic mass is 10.0. The molecule has 0 amide bonds. The molecule has 0 radical (unpaired) electrons. The fourth-order valence-electron chi connectivity index (χ4n) is 3.70. The number of thiocarbonyl (C=S) groups is 1. The van der Waals surface area contributed by atoms with Crippen molar-refractivity contribution in [3.05, 3.63) is 77.9 Å². The Hall–Kier alpha value is -2.86. The van der Waals surface area contributed by atoms with Gasteiger partial charge in [0.2, 0.25) is 0 Å². The Kier molecular flexibility index (Phi) is 4.58. The van der Waals surface area contributed by atoms with Crippen LogP contribution in [0, 0.1) is 6.92 Å². The highest BCUT2D eigenvalue weighted by Gasteiger charge is 2.39. The van der Waals surface area contributed by atoms with Crippen molar-refractivity contribution in [2.75, 3.05) is 14.2 Å². The number of ether oxygens (including phenoxy) is 1. The molecule has 1 N–H and O–H groups in total. The number of hydrogen-bond acceptors (Lipinski definition) is 3. The Labute approximate surface area is 164 Å². The molecule has 3 aromatic rings. The van der Waals surface area contributed by atoms with Gasteiger partial charge in [0.25, 0.3) is 0 Å². The molecular formula is C21H22N4OS. The van der Waals surface area contributed by atoms with Crippen molar-refractivity contribution in [1.82, 2.24) is 19.8 Å². The average Bonchev–Trinajstić information content (AvgIpc) is 3.22. The molecule has 1 saturated heterocycles. The van der Waals surface area contributed by atoms with Crippen LogP contribution >= 0.6 is 12.2 Å². The van der Waals surface area contributed by atoms with Crippen molar-refractivity contribution in [3.63, 3.8) is 0 Å². The van der Waals surface area contributed by atoms with Crippen LogP contribution < -0.4 is 10.1 Å². The van der Waals surface area contributed by atoms with E-state index in [1.807, 2.05) is 43.6 Å². The van der Waals surface area contributed by atoms with Crippen LogP contribution in [0.1, 0.15) is 29.2 Å². The van der Waals surface area contributed by atoms with Gasteiger partial charge in [0.1, 0.15) is 5.75 Å². The lowest BCUT2D eigenvalue weighted by Gasteiger charge is -2.26. The molecule has 0 saturated carbocycles. The van der Waals surface area contributed by atoms with E-state index in [4.69, 9.17) is 17.0 Å². The molecule has 2 aromatic heterocycles. The quantitative estimate of drug-likeness (QED) is 0.700. The molecule has 2 atom stereocenters. The topological polar surface area (TPSA) is 42.3 Å². The first-order valence-electron chi connectivity index (χ1n) is 8.87. The molecule has 138 valence electrons. The van der Waals surface area contributed by atoms with Gasteiger partial charge < -0.3 is 19.5 Å². The zero-order valence-corrected chi connectivity index (χ0v) is 16.4. The Balaban J connectivity index is 1.81. The van der Waals surface area contributed by atoms with E-state index in [9.17, 15) is 0 Å². The lowest BCUT2D eigenvalue weighted by Crippen LogP contribution is -2.26. The lowest BCUT2D eigenvalue weighted by molar-refractivity contribution is 0.356. The number of pyridine rings is 1. The van der Waals surface area contributed by atoms with Gasteiger partial charge >= 0.3 is 0 Å². The second-order valence-corrected chi connectivity index (χ2v) is 7.06. The molecule has 4 rings (SSSR count). The fourth-order valence-corrected chi connectivity index (χ4v) is 3.94. The standard InChI is InChI=1S/C21H22N4OS/c1-14-7-12-18(25(14)15-8-10-16(26-3)11-9-15)20-19(23-21(27)24(20)2)17-6-4-5-13-22-17/h4-13,19-20H,1-3H3,(H,23,27)/t19-,20-/m0/s1. The number of hydrogen-bond donors (Lipinski definition) is 1. The van der Waals surface area contributed by atoms with Gasteiger partial charge in [0.15, 0.2) is 5.11 Å². The van der Waals surface area contributed by atoms with Gasteiger partial charge in [-0.05, 0) is 67.7 Å². The summed E-state index contributed by atoms with van der Waals surface area (Å²) in [6, 6.07) is 18.5. The van der Waals surface area contributed by atoms with E-state index in [1.165, 1.54) is 11.4 Å². The third-order valence-electron chi connectivity index (χ3n) is 5.08. The van der Waals surface area contributed by atoms with Crippen LogP contribution in [0.25, 0.3) is 5.69 Å². The second kappa shape index (κ2) is 7.04. The Morgan fingerprint density at radius 3 is 2.52 bits per heavy atom. The number of aromatic nitrogens is 2. The number of methoxy groups -OCH3 is 1. The van der Waals surface area contributed by atoms with Crippen LogP contribution in [0.4, 0.5) is 0 Å². The highest BCUT2D eigenvalue weighted by Crippen LogP contribution is 2.39. The molecule has 1 aromatic carbocycles. The largest absolute Gasteiger partial charge is 0.497 e. The van der Waals surface area contributed by atoms with Crippen LogP contribution in [0.15, 0.2) is 60.8 Å². The molecule has 1 fully saturated rings. The van der Waals surface area contributed by atoms with Gasteiger partial charge in [-0.1, -0.05) is 6.07 Å². The summed E-state index contributed by atoms with van der Waals surface area (Å²) in [7, 11) is 3.71. The Morgan fingerprint density at radius 2 is 1.85 bits per heavy atom. The van der Waals surface area contributed by atoms with Crippen molar-refractivity contribution in [2.45, 2.75) is 19.0 Å². The smallest absolute Gasteiger partial charge is 0.169 e. The van der Waals surface area contributed by atoms with E-state index in [1.54, 1.807) is 7.11 Å². The Bertz CT molecular complexity index is 952. The zero-order valence-electron chi connectivity index (χ0n) is 15.6. The molecule has 6 heteroatoms. The minimum atomic E-state index is -0.00463. The maximum absolute atomic E-state index is 5.56. The highest BCUT2D eigenvalue weighted by molar-refractivity contribution is 7.80. The van der Waals surface area contributed by atoms with Crippen molar-refractivity contribution < 1.29 is 4.74 Å². The summed E-state index contributed by atoms with van der Waals surface area (Å²) >= 11 is 5.56. The predicted octanol–water partition coefficient (Wildman–Crippen LogP) is 3.79. The van der Waals surface area contributed by atoms with E-state index in [-0.39, 0.29) is 12.1 Å². The minimum Gasteiger partial charge on any atom is -0.497 e. The molecule has 3 heterocycles. The fraction of sp³-hybridized carbons (Fsp3) is 0.238. The summed E-state index contributed by atoms with van der Waals surface area (Å²) in [5.41, 5.74) is 4.41. The van der Waals surface area contributed by atoms with Gasteiger partial charge in [0.05, 0.1) is 24.9 Å². The summed E-state index contributed by atoms with van der Waals surface area (Å²) < 4.78 is 7.57. The summed E-state index contributed by atoms with van der Waals surface area (Å²) in [6.45, 7) is 2.12. The van der Waals surface area contributed by atoms with Crippen LogP contribution in [-0.4, -0.2) is 33.7 Å². The van der Waals surface area contributed by atoms with E-state index in [2.05, 4.69) is 51.0 Å². The van der Waals surface area contributed by atoms with E-state index < -0.39 is 0 Å². The van der Waals surface area contributed by atoms with Crippen molar-refractivity contribution in [1.29, 1.82) is 0 Å². The first-order chi connectivity index (χ1) is 13.1. The van der Waals surface area contributed by atoms with Crippen molar-refractivity contribution in [3.8, 4) is 11.4 Å². The van der Waals surface area contributed by atoms with Crippen molar-refractivity contribution in [2.24, 2.45) is 0 Å². The Morgan fingerprint density at radius 1 is 1.07 bits per heavy atom. The van der Waals surface area contributed by atoms with Crippen molar-refractivity contribution >= 4 is 17.3 Å². The van der Waals surface area contributed by atoms with Gasteiger partial charge in [0, 0.05) is 30.3 Å². The van der Waals surface area contributed by atoms with Crippen LogP contribution in [-0.2, 0) is 0 Å². The maximum Gasteiger partial charge on any atom is 0.169 e. The maximum atomic E-state index is 5.56. The van der Waals surface area contributed by atoms with Crippen LogP contribution in [0.3, 0.4) is 0 Å². The predicted molar refractivity (Wildman–Crippen MR) is 110 cm³/mol. The third kappa shape index (κ3) is 3.06. The van der Waals surface area contributed by atoms with Gasteiger partial charge in [-0.2, -0.15) is 0 Å².